The Kier molecular flexibility index (Phi) is 2.60. The Bertz CT molecular complexity index is 172. The molecule has 0 N–H and O–H groups in total. The summed E-state index contributed by atoms with van der Waals surface area (Å²) in [6.45, 7) is 1.35. The second-order valence-electron chi connectivity index (χ2n) is 2.06. The number of nitrogens with zero attached hydrogens (tertiary/aromatic N) is 1. The third kappa shape index (κ3) is 2.78. The Morgan fingerprint density at radius 1 is 1.33 bits per heavy atom. The molecule has 4 nitrogen and oxygen atoms in total. The van der Waals surface area contributed by atoms with Gasteiger partial charge in [0, 0.05) is 0 Å². The van der Waals surface area contributed by atoms with Crippen LogP contribution in [-0.2, 0) is 14.7 Å². The molecule has 0 aliphatic carbocycles. The lowest BCUT2D eigenvalue weighted by Crippen LogP contribution is -2.31. The standard InChI is InChI=1S/C4H10NO3S/c1-4(5(2)3)9(6,7)8/h4H,1-3H3. The highest BCUT2D eigenvalue weighted by molar-refractivity contribution is 7.86. The minimum atomic E-state index is -4.13. The largest absolute Gasteiger partial charge is 0.310 e. The average molecular weight is 152 g/mol. The zero-order valence-electron chi connectivity index (χ0n) is 5.66. The van der Waals surface area contributed by atoms with Gasteiger partial charge in [-0.3, -0.25) is 4.90 Å². The first-order valence-electron chi connectivity index (χ1n) is 2.47. The van der Waals surface area contributed by atoms with Crippen LogP contribution in [0.15, 0.2) is 0 Å². The maximum Gasteiger partial charge on any atom is 0.310 e. The van der Waals surface area contributed by atoms with Crippen LogP contribution in [0.25, 0.3) is 0 Å². The van der Waals surface area contributed by atoms with E-state index in [0.29, 0.717) is 0 Å². The van der Waals surface area contributed by atoms with Crippen molar-refractivity contribution in [2.75, 3.05) is 14.1 Å². The van der Waals surface area contributed by atoms with E-state index in [1.807, 2.05) is 0 Å². The van der Waals surface area contributed by atoms with Gasteiger partial charge < -0.3 is 0 Å². The predicted octanol–water partition coefficient (Wildman–Crippen LogP) is -0.346. The third-order valence-corrected chi connectivity index (χ3v) is 2.40. The summed E-state index contributed by atoms with van der Waals surface area (Å²) in [5.41, 5.74) is 0. The van der Waals surface area contributed by atoms with E-state index in [4.69, 9.17) is 0 Å². The van der Waals surface area contributed by atoms with E-state index in [1.165, 1.54) is 11.8 Å². The van der Waals surface area contributed by atoms with E-state index in [9.17, 15) is 13.0 Å². The number of hydrogen-bond acceptors (Lipinski definition) is 3. The molecule has 0 aliphatic rings. The van der Waals surface area contributed by atoms with Crippen molar-refractivity contribution in [3.63, 3.8) is 0 Å². The Morgan fingerprint density at radius 2 is 1.67 bits per heavy atom. The molecule has 9 heavy (non-hydrogen) atoms. The van der Waals surface area contributed by atoms with Crippen molar-refractivity contribution >= 4 is 10.1 Å². The lowest BCUT2D eigenvalue weighted by atomic mass is 10.7. The van der Waals surface area contributed by atoms with Crippen LogP contribution in [0.5, 0.6) is 0 Å². The summed E-state index contributed by atoms with van der Waals surface area (Å²) in [5, 5.41) is -0.933. The van der Waals surface area contributed by atoms with Crippen LogP contribution in [0.2, 0.25) is 0 Å². The zero-order chi connectivity index (χ0) is 7.65. The smallest absolute Gasteiger partial charge is 0.292 e. The Hall–Kier alpha value is -0.130. The van der Waals surface area contributed by atoms with Gasteiger partial charge in [-0.15, -0.1) is 0 Å². The average Bonchev–Trinajstić information content (AvgIpc) is 1.62. The molecule has 1 atom stereocenters. The molecular weight excluding hydrogens is 142 g/mol. The van der Waals surface area contributed by atoms with Gasteiger partial charge in [0.25, 0.3) is 0 Å². The van der Waals surface area contributed by atoms with Crippen molar-refractivity contribution < 1.29 is 13.0 Å². The van der Waals surface area contributed by atoms with Crippen LogP contribution in [-0.4, -0.2) is 32.8 Å². The van der Waals surface area contributed by atoms with Crippen molar-refractivity contribution in [1.29, 1.82) is 0 Å². The van der Waals surface area contributed by atoms with E-state index >= 15 is 0 Å². The summed E-state index contributed by atoms with van der Waals surface area (Å²) in [5.74, 6) is 0. The van der Waals surface area contributed by atoms with Crippen LogP contribution in [0.1, 0.15) is 6.92 Å². The fourth-order valence-electron chi connectivity index (χ4n) is 0.258. The monoisotopic (exact) mass is 152 g/mol. The topological polar surface area (TPSA) is 57.3 Å². The van der Waals surface area contributed by atoms with Gasteiger partial charge >= 0.3 is 10.1 Å². The van der Waals surface area contributed by atoms with Crippen molar-refractivity contribution in [1.82, 2.24) is 4.90 Å². The van der Waals surface area contributed by atoms with E-state index < -0.39 is 15.5 Å². The molecule has 0 heterocycles. The van der Waals surface area contributed by atoms with E-state index in [-0.39, 0.29) is 0 Å². The second kappa shape index (κ2) is 2.64. The minimum Gasteiger partial charge on any atom is -0.292 e. The molecule has 0 bridgehead atoms. The molecule has 0 amide bonds. The van der Waals surface area contributed by atoms with Crippen LogP contribution in [0.3, 0.4) is 0 Å². The van der Waals surface area contributed by atoms with Gasteiger partial charge in [-0.25, -0.2) is 0 Å². The van der Waals surface area contributed by atoms with Gasteiger partial charge in [0.15, 0.2) is 0 Å². The molecule has 1 unspecified atom stereocenters. The quantitative estimate of drug-likeness (QED) is 0.543. The molecule has 0 aromatic heterocycles. The minimum absolute atomic E-state index is 0.933. The fraction of sp³-hybridized carbons (Fsp3) is 1.00. The molecule has 0 aromatic carbocycles. The Morgan fingerprint density at radius 3 is 1.67 bits per heavy atom. The molecule has 0 aromatic rings. The molecule has 0 spiro atoms. The normalized spacial score (nSPS) is 16.1. The van der Waals surface area contributed by atoms with Gasteiger partial charge in [-0.2, -0.15) is 8.42 Å². The van der Waals surface area contributed by atoms with E-state index in [1.54, 1.807) is 14.1 Å². The maximum absolute atomic E-state index is 10.2. The van der Waals surface area contributed by atoms with Crippen LogP contribution in [0.4, 0.5) is 0 Å². The highest BCUT2D eigenvalue weighted by Gasteiger charge is 2.20. The number of rotatable bonds is 2. The highest BCUT2D eigenvalue weighted by atomic mass is 32.2. The Labute approximate surface area is 55.2 Å². The summed E-state index contributed by atoms with van der Waals surface area (Å²) in [6.07, 6.45) is 0. The highest BCUT2D eigenvalue weighted by Crippen LogP contribution is 1.99. The van der Waals surface area contributed by atoms with Gasteiger partial charge in [0.05, 0.1) is 0 Å². The van der Waals surface area contributed by atoms with Gasteiger partial charge in [-0.1, -0.05) is 4.55 Å². The predicted molar refractivity (Wildman–Crippen MR) is 32.8 cm³/mol. The molecule has 1 radical (unpaired) electrons. The first kappa shape index (κ1) is 8.87. The fourth-order valence-corrected chi connectivity index (χ4v) is 0.775. The molecule has 5 heteroatoms. The molecule has 55 valence electrons. The maximum atomic E-state index is 10.2. The first-order chi connectivity index (χ1) is 3.85. The third-order valence-electron chi connectivity index (χ3n) is 1.14. The van der Waals surface area contributed by atoms with Crippen molar-refractivity contribution in [3.8, 4) is 0 Å². The van der Waals surface area contributed by atoms with Crippen LogP contribution < -0.4 is 0 Å². The molecule has 0 fully saturated rings. The SMILES string of the molecule is CC(N(C)C)S([O])(=O)=O. The van der Waals surface area contributed by atoms with Gasteiger partial charge in [0.1, 0.15) is 5.37 Å². The van der Waals surface area contributed by atoms with Crippen LogP contribution >= 0.6 is 0 Å². The second-order valence-corrected chi connectivity index (χ2v) is 3.72. The summed E-state index contributed by atoms with van der Waals surface area (Å²) < 4.78 is 30.5. The summed E-state index contributed by atoms with van der Waals surface area (Å²) in [4.78, 5) is 1.35. The molecule has 0 saturated heterocycles. The molecular formula is C4H10NO3S. The lowest BCUT2D eigenvalue weighted by Gasteiger charge is -2.14. The lowest BCUT2D eigenvalue weighted by molar-refractivity contribution is 0.328. The first-order valence-corrected chi connectivity index (χ1v) is 3.94. The van der Waals surface area contributed by atoms with Crippen LogP contribution in [0, 0.1) is 0 Å². The number of hydrogen-bond donors (Lipinski definition) is 0. The van der Waals surface area contributed by atoms with E-state index in [2.05, 4.69) is 0 Å². The molecule has 0 rings (SSSR count). The Balaban J connectivity index is 4.24. The molecule has 0 aliphatic heterocycles. The summed E-state index contributed by atoms with van der Waals surface area (Å²) in [7, 11) is -1.04. The van der Waals surface area contributed by atoms with Crippen molar-refractivity contribution in [2.45, 2.75) is 12.3 Å². The van der Waals surface area contributed by atoms with Gasteiger partial charge in [0.2, 0.25) is 0 Å². The summed E-state index contributed by atoms with van der Waals surface area (Å²) >= 11 is 0. The van der Waals surface area contributed by atoms with Crippen molar-refractivity contribution in [3.05, 3.63) is 0 Å². The van der Waals surface area contributed by atoms with E-state index in [0.717, 1.165) is 0 Å². The summed E-state index contributed by atoms with van der Waals surface area (Å²) in [6, 6.07) is 0. The van der Waals surface area contributed by atoms with Crippen molar-refractivity contribution in [2.24, 2.45) is 0 Å². The van der Waals surface area contributed by atoms with Gasteiger partial charge in [-0.05, 0) is 21.0 Å². The molecule has 0 saturated carbocycles. The zero-order valence-corrected chi connectivity index (χ0v) is 6.47.